The molecule has 0 heterocycles. The minimum Gasteiger partial charge on any atom is -0.491 e. The first-order chi connectivity index (χ1) is 16.1. The second-order valence-corrected chi connectivity index (χ2v) is 8.30. The summed E-state index contributed by atoms with van der Waals surface area (Å²) in [5.74, 6) is -0.152. The molecule has 0 radical (unpaired) electrons. The largest absolute Gasteiger partial charge is 0.491 e. The van der Waals surface area contributed by atoms with Crippen LogP contribution in [0.2, 0.25) is 0 Å². The highest BCUT2D eigenvalue weighted by Crippen LogP contribution is 2.31. The summed E-state index contributed by atoms with van der Waals surface area (Å²) in [6, 6.07) is 4.46. The molecule has 1 aliphatic rings. The number of hydrogen-bond donors (Lipinski definition) is 1. The van der Waals surface area contributed by atoms with Crippen molar-refractivity contribution in [2.24, 2.45) is 0 Å². The molecule has 1 atom stereocenters. The van der Waals surface area contributed by atoms with Gasteiger partial charge in [0.2, 0.25) is 0 Å². The van der Waals surface area contributed by atoms with E-state index in [-0.39, 0.29) is 30.2 Å². The van der Waals surface area contributed by atoms with Gasteiger partial charge in [-0.2, -0.15) is 13.2 Å². The smallest absolute Gasteiger partial charge is 0.416 e. The molecular formula is C26H31F3O5. The Morgan fingerprint density at radius 1 is 1.21 bits per heavy atom. The molecule has 1 aromatic rings. The van der Waals surface area contributed by atoms with Crippen LogP contribution >= 0.6 is 0 Å². The number of unbranched alkanes of at least 4 members (excludes halogenated alkanes) is 1. The van der Waals surface area contributed by atoms with Gasteiger partial charge in [0.05, 0.1) is 11.7 Å². The van der Waals surface area contributed by atoms with Crippen molar-refractivity contribution in [3.63, 3.8) is 0 Å². The van der Waals surface area contributed by atoms with Crippen LogP contribution in [0.4, 0.5) is 13.2 Å². The van der Waals surface area contributed by atoms with E-state index >= 15 is 0 Å². The third-order valence-electron chi connectivity index (χ3n) is 5.05. The molecule has 0 aliphatic heterocycles. The summed E-state index contributed by atoms with van der Waals surface area (Å²) in [5.41, 5.74) is 0.684. The van der Waals surface area contributed by atoms with Gasteiger partial charge >= 0.3 is 12.1 Å². The quantitative estimate of drug-likeness (QED) is 0.235. The monoisotopic (exact) mass is 480 g/mol. The molecule has 0 saturated carbocycles. The van der Waals surface area contributed by atoms with E-state index < -0.39 is 17.8 Å². The van der Waals surface area contributed by atoms with Crippen LogP contribution in [0.25, 0.3) is 0 Å². The number of aliphatic hydroxyl groups is 1. The fraction of sp³-hybridized carbons (Fsp3) is 0.462. The van der Waals surface area contributed by atoms with Gasteiger partial charge in [0.15, 0.2) is 5.78 Å². The zero-order valence-corrected chi connectivity index (χ0v) is 19.4. The number of benzene rings is 1. The number of allylic oxidation sites excluding steroid dienone is 5. The molecule has 0 spiro atoms. The van der Waals surface area contributed by atoms with E-state index in [1.165, 1.54) is 18.2 Å². The molecule has 34 heavy (non-hydrogen) atoms. The van der Waals surface area contributed by atoms with Crippen LogP contribution in [0.1, 0.15) is 57.9 Å². The van der Waals surface area contributed by atoms with E-state index in [1.807, 2.05) is 12.2 Å². The van der Waals surface area contributed by atoms with Gasteiger partial charge in [0, 0.05) is 18.4 Å². The summed E-state index contributed by atoms with van der Waals surface area (Å²) in [5, 5.41) is 10.1. The summed E-state index contributed by atoms with van der Waals surface area (Å²) < 4.78 is 48.7. The molecule has 5 nitrogen and oxygen atoms in total. The minimum atomic E-state index is -4.47. The first-order valence-corrected chi connectivity index (χ1v) is 11.3. The highest BCUT2D eigenvalue weighted by molar-refractivity contribution is 5.99. The molecule has 1 aliphatic carbocycles. The lowest BCUT2D eigenvalue weighted by atomic mass is 10.1. The lowest BCUT2D eigenvalue weighted by molar-refractivity contribution is -0.147. The number of carbonyl (C=O) groups is 2. The SMILES string of the molecule is CC(C)OC(=O)CCC/C=C/CC1=C(/C=C/[C@@H](O)COc2cccc(C(F)(F)F)c2)CCC1=O. The Labute approximate surface area is 197 Å². The fourth-order valence-electron chi connectivity index (χ4n) is 3.39. The van der Waals surface area contributed by atoms with Gasteiger partial charge in [-0.25, -0.2) is 0 Å². The first-order valence-electron chi connectivity index (χ1n) is 11.3. The van der Waals surface area contributed by atoms with E-state index in [0.29, 0.717) is 44.1 Å². The number of rotatable bonds is 12. The van der Waals surface area contributed by atoms with Crippen LogP contribution in [-0.4, -0.2) is 35.7 Å². The van der Waals surface area contributed by atoms with Crippen LogP contribution in [-0.2, 0) is 20.5 Å². The predicted octanol–water partition coefficient (Wildman–Crippen LogP) is 5.73. The number of halogens is 3. The van der Waals surface area contributed by atoms with Crippen molar-refractivity contribution >= 4 is 11.8 Å². The Hall–Kier alpha value is -2.87. The maximum Gasteiger partial charge on any atom is 0.416 e. The molecule has 0 unspecified atom stereocenters. The van der Waals surface area contributed by atoms with Crippen molar-refractivity contribution in [3.8, 4) is 5.75 Å². The topological polar surface area (TPSA) is 72.8 Å². The standard InChI is InChI=1S/C26H31F3O5/c1-18(2)34-25(32)11-6-4-3-5-10-23-19(13-15-24(23)31)12-14-21(30)17-33-22-9-7-8-20(16-22)26(27,28)29/h3,5,7-9,12,14,16,18,21,30H,4,6,10-11,13,15,17H2,1-2H3/b5-3+,14-12+/t21-/m1/s1. The van der Waals surface area contributed by atoms with Gasteiger partial charge in [0.1, 0.15) is 18.5 Å². The molecule has 0 aromatic heterocycles. The second kappa shape index (κ2) is 13.1. The normalized spacial score (nSPS) is 15.7. The van der Waals surface area contributed by atoms with E-state index in [0.717, 1.165) is 17.7 Å². The Balaban J connectivity index is 1.84. The maximum absolute atomic E-state index is 12.8. The predicted molar refractivity (Wildman–Crippen MR) is 122 cm³/mol. The zero-order valence-electron chi connectivity index (χ0n) is 19.4. The highest BCUT2D eigenvalue weighted by Gasteiger charge is 2.30. The van der Waals surface area contributed by atoms with Crippen molar-refractivity contribution in [2.45, 2.75) is 70.8 Å². The fourth-order valence-corrected chi connectivity index (χ4v) is 3.39. The van der Waals surface area contributed by atoms with E-state index in [4.69, 9.17) is 9.47 Å². The van der Waals surface area contributed by atoms with Gasteiger partial charge in [-0.3, -0.25) is 9.59 Å². The van der Waals surface area contributed by atoms with Crippen molar-refractivity contribution in [3.05, 3.63) is 65.3 Å². The molecule has 0 fully saturated rings. The number of hydrogen-bond acceptors (Lipinski definition) is 5. The number of ketones is 1. The van der Waals surface area contributed by atoms with Crippen LogP contribution in [0.15, 0.2) is 59.7 Å². The van der Waals surface area contributed by atoms with Crippen molar-refractivity contribution < 1.29 is 37.3 Å². The summed E-state index contributed by atoms with van der Waals surface area (Å²) >= 11 is 0. The van der Waals surface area contributed by atoms with Crippen molar-refractivity contribution in [2.75, 3.05) is 6.61 Å². The van der Waals surface area contributed by atoms with Gasteiger partial charge in [0.25, 0.3) is 0 Å². The summed E-state index contributed by atoms with van der Waals surface area (Å²) in [6.07, 6.45) is 4.50. The van der Waals surface area contributed by atoms with Gasteiger partial charge in [-0.15, -0.1) is 0 Å². The molecule has 0 saturated heterocycles. The third kappa shape index (κ3) is 9.55. The average molecular weight is 481 g/mol. The Kier molecular flexibility index (Phi) is 10.6. The van der Waals surface area contributed by atoms with E-state index in [2.05, 4.69) is 0 Å². The number of Topliss-reactive ketones (excluding diaryl/α,β-unsaturated/α-hetero) is 1. The highest BCUT2D eigenvalue weighted by atomic mass is 19.4. The van der Waals surface area contributed by atoms with Crippen LogP contribution in [0.5, 0.6) is 5.75 Å². The van der Waals surface area contributed by atoms with Gasteiger partial charge in [-0.05, 0) is 63.3 Å². The molecule has 1 aromatic carbocycles. The lowest BCUT2D eigenvalue weighted by Gasteiger charge is -2.12. The van der Waals surface area contributed by atoms with Crippen molar-refractivity contribution in [1.82, 2.24) is 0 Å². The summed E-state index contributed by atoms with van der Waals surface area (Å²) in [6.45, 7) is 3.39. The third-order valence-corrected chi connectivity index (χ3v) is 5.05. The average Bonchev–Trinajstić information content (AvgIpc) is 3.11. The molecule has 1 N–H and O–H groups in total. The Morgan fingerprint density at radius 2 is 1.97 bits per heavy atom. The number of carbonyl (C=O) groups excluding carboxylic acids is 2. The van der Waals surface area contributed by atoms with Crippen LogP contribution in [0.3, 0.4) is 0 Å². The Morgan fingerprint density at radius 3 is 2.68 bits per heavy atom. The lowest BCUT2D eigenvalue weighted by Crippen LogP contribution is -2.15. The number of esters is 1. The first kappa shape index (κ1) is 27.4. The number of alkyl halides is 3. The zero-order chi connectivity index (χ0) is 25.1. The maximum atomic E-state index is 12.8. The number of ether oxygens (including phenoxy) is 2. The minimum absolute atomic E-state index is 0.0147. The number of aliphatic hydroxyl groups excluding tert-OH is 1. The molecule has 2 rings (SSSR count). The molecule has 0 amide bonds. The van der Waals surface area contributed by atoms with Gasteiger partial charge < -0.3 is 14.6 Å². The summed E-state index contributed by atoms with van der Waals surface area (Å²) in [7, 11) is 0. The molecule has 8 heteroatoms. The van der Waals surface area contributed by atoms with Crippen LogP contribution in [0, 0.1) is 0 Å². The van der Waals surface area contributed by atoms with E-state index in [9.17, 15) is 27.9 Å². The molecule has 0 bridgehead atoms. The van der Waals surface area contributed by atoms with Crippen LogP contribution < -0.4 is 4.74 Å². The second-order valence-electron chi connectivity index (χ2n) is 8.30. The Bertz CT molecular complexity index is 929. The summed E-state index contributed by atoms with van der Waals surface area (Å²) in [4.78, 5) is 23.7. The van der Waals surface area contributed by atoms with E-state index in [1.54, 1.807) is 19.9 Å². The molecular weight excluding hydrogens is 449 g/mol. The molecule has 186 valence electrons. The van der Waals surface area contributed by atoms with Gasteiger partial charge in [-0.1, -0.05) is 30.4 Å². The van der Waals surface area contributed by atoms with Crippen molar-refractivity contribution in [1.29, 1.82) is 0 Å².